The summed E-state index contributed by atoms with van der Waals surface area (Å²) in [6, 6.07) is 8.30. The number of hydrogen-bond acceptors (Lipinski definition) is 3. The van der Waals surface area contributed by atoms with Crippen molar-refractivity contribution in [3.63, 3.8) is 0 Å². The van der Waals surface area contributed by atoms with Gasteiger partial charge in [-0.3, -0.25) is 0 Å². The molecule has 1 atom stereocenters. The first-order chi connectivity index (χ1) is 7.70. The summed E-state index contributed by atoms with van der Waals surface area (Å²) < 4.78 is 0. The van der Waals surface area contributed by atoms with Gasteiger partial charge in [-0.15, -0.1) is 0 Å². The lowest BCUT2D eigenvalue weighted by Gasteiger charge is -2.11. The van der Waals surface area contributed by atoms with Crippen molar-refractivity contribution in [3.8, 4) is 0 Å². The zero-order valence-corrected chi connectivity index (χ0v) is 10.1. The highest BCUT2D eigenvalue weighted by Gasteiger charge is 2.08. The van der Waals surface area contributed by atoms with Crippen LogP contribution in [0.15, 0.2) is 24.3 Å². The Morgan fingerprint density at radius 3 is 2.81 bits per heavy atom. The maximum atomic E-state index is 5.91. The van der Waals surface area contributed by atoms with Crippen LogP contribution in [0.3, 0.4) is 0 Å². The van der Waals surface area contributed by atoms with Crippen LogP contribution in [0.25, 0.3) is 10.9 Å². The molecular weight excluding hydrogens is 222 g/mol. The molecule has 0 aliphatic carbocycles. The Morgan fingerprint density at radius 2 is 2.06 bits per heavy atom. The highest BCUT2D eigenvalue weighted by atomic mass is 35.5. The molecule has 0 bridgehead atoms. The van der Waals surface area contributed by atoms with E-state index in [2.05, 4.69) is 22.2 Å². The zero-order valence-electron chi connectivity index (χ0n) is 9.37. The van der Waals surface area contributed by atoms with Crippen molar-refractivity contribution >= 4 is 22.5 Å². The number of nitrogens with zero attached hydrogens (tertiary/aromatic N) is 2. The summed E-state index contributed by atoms with van der Waals surface area (Å²) in [7, 11) is 1.94. The quantitative estimate of drug-likeness (QED) is 0.831. The van der Waals surface area contributed by atoms with Crippen molar-refractivity contribution in [2.75, 3.05) is 7.05 Å². The van der Waals surface area contributed by atoms with Crippen molar-refractivity contribution in [3.05, 3.63) is 35.2 Å². The Bertz CT molecular complexity index is 499. The molecule has 0 saturated carbocycles. The van der Waals surface area contributed by atoms with Crippen molar-refractivity contribution in [2.24, 2.45) is 0 Å². The second-order valence-electron chi connectivity index (χ2n) is 3.85. The topological polar surface area (TPSA) is 37.8 Å². The standard InChI is InChI=1S/C12H14ClN3/c1-8(14-2)7-11-9-5-3-4-6-10(9)15-12(13)16-11/h3-6,8,14H,7H2,1-2H3. The summed E-state index contributed by atoms with van der Waals surface area (Å²) in [5, 5.41) is 4.59. The van der Waals surface area contributed by atoms with Gasteiger partial charge in [-0.2, -0.15) is 0 Å². The van der Waals surface area contributed by atoms with E-state index < -0.39 is 0 Å². The third-order valence-corrected chi connectivity index (χ3v) is 2.82. The summed E-state index contributed by atoms with van der Waals surface area (Å²) in [5.41, 5.74) is 1.90. The van der Waals surface area contributed by atoms with Gasteiger partial charge in [0.1, 0.15) is 0 Å². The molecule has 0 amide bonds. The minimum absolute atomic E-state index is 0.317. The number of benzene rings is 1. The van der Waals surface area contributed by atoms with Gasteiger partial charge < -0.3 is 5.32 Å². The molecule has 2 rings (SSSR count). The molecule has 0 aliphatic heterocycles. The van der Waals surface area contributed by atoms with Crippen LogP contribution in [0, 0.1) is 0 Å². The Kier molecular flexibility index (Phi) is 3.36. The molecule has 0 fully saturated rings. The summed E-state index contributed by atoms with van der Waals surface area (Å²) in [5.74, 6) is 0. The third-order valence-electron chi connectivity index (χ3n) is 2.65. The molecule has 0 aliphatic rings. The highest BCUT2D eigenvalue weighted by Crippen LogP contribution is 2.18. The molecule has 3 nitrogen and oxygen atoms in total. The van der Waals surface area contributed by atoms with Crippen molar-refractivity contribution in [1.29, 1.82) is 0 Å². The van der Waals surface area contributed by atoms with Gasteiger partial charge >= 0.3 is 0 Å². The van der Waals surface area contributed by atoms with Crippen molar-refractivity contribution in [2.45, 2.75) is 19.4 Å². The molecular formula is C12H14ClN3. The molecule has 1 aromatic heterocycles. The van der Waals surface area contributed by atoms with Gasteiger partial charge in [0.2, 0.25) is 5.28 Å². The molecule has 1 heterocycles. The van der Waals surface area contributed by atoms with Crippen LogP contribution in [-0.4, -0.2) is 23.1 Å². The molecule has 1 aromatic carbocycles. The van der Waals surface area contributed by atoms with Gasteiger partial charge in [-0.25, -0.2) is 9.97 Å². The summed E-state index contributed by atoms with van der Waals surface area (Å²) in [4.78, 5) is 8.51. The second kappa shape index (κ2) is 4.76. The summed E-state index contributed by atoms with van der Waals surface area (Å²) in [6.45, 7) is 2.12. The lowest BCUT2D eigenvalue weighted by molar-refractivity contribution is 0.602. The maximum absolute atomic E-state index is 5.91. The molecule has 2 aromatic rings. The number of aromatic nitrogens is 2. The van der Waals surface area contributed by atoms with E-state index in [0.717, 1.165) is 23.0 Å². The van der Waals surface area contributed by atoms with E-state index >= 15 is 0 Å². The number of rotatable bonds is 3. The summed E-state index contributed by atoms with van der Waals surface area (Å²) in [6.07, 6.45) is 0.846. The zero-order chi connectivity index (χ0) is 11.5. The molecule has 84 valence electrons. The van der Waals surface area contributed by atoms with E-state index in [9.17, 15) is 0 Å². The number of hydrogen-bond donors (Lipinski definition) is 1. The van der Waals surface area contributed by atoms with Crippen LogP contribution in [-0.2, 0) is 6.42 Å². The Labute approximate surface area is 99.9 Å². The van der Waals surface area contributed by atoms with Crippen molar-refractivity contribution < 1.29 is 0 Å². The minimum atomic E-state index is 0.317. The Hall–Kier alpha value is -1.19. The fraction of sp³-hybridized carbons (Fsp3) is 0.333. The van der Waals surface area contributed by atoms with Gasteiger partial charge in [0.05, 0.1) is 11.2 Å². The number of halogens is 1. The Balaban J connectivity index is 2.50. The van der Waals surface area contributed by atoms with Crippen LogP contribution in [0.2, 0.25) is 5.28 Å². The van der Waals surface area contributed by atoms with Gasteiger partial charge in [-0.1, -0.05) is 18.2 Å². The lowest BCUT2D eigenvalue weighted by Crippen LogP contribution is -2.24. The molecule has 0 saturated heterocycles. The smallest absolute Gasteiger partial charge is 0.223 e. The average molecular weight is 236 g/mol. The molecule has 1 N–H and O–H groups in total. The first-order valence-electron chi connectivity index (χ1n) is 5.29. The molecule has 16 heavy (non-hydrogen) atoms. The van der Waals surface area contributed by atoms with Crippen molar-refractivity contribution in [1.82, 2.24) is 15.3 Å². The molecule has 1 unspecified atom stereocenters. The largest absolute Gasteiger partial charge is 0.317 e. The van der Waals surface area contributed by atoms with Crippen LogP contribution in [0.5, 0.6) is 0 Å². The van der Waals surface area contributed by atoms with E-state index in [1.165, 1.54) is 0 Å². The van der Waals surface area contributed by atoms with Gasteiger partial charge in [-0.05, 0) is 31.6 Å². The number of para-hydroxylation sites is 1. The fourth-order valence-corrected chi connectivity index (χ4v) is 1.85. The van der Waals surface area contributed by atoms with Crippen LogP contribution >= 0.6 is 11.6 Å². The first-order valence-corrected chi connectivity index (χ1v) is 5.67. The van der Waals surface area contributed by atoms with Crippen LogP contribution in [0.4, 0.5) is 0 Å². The predicted octanol–water partition coefficient (Wildman–Crippen LogP) is 2.43. The van der Waals surface area contributed by atoms with E-state index in [-0.39, 0.29) is 0 Å². The second-order valence-corrected chi connectivity index (χ2v) is 4.19. The number of likely N-dealkylation sites (N-methyl/N-ethyl adjacent to an activating group) is 1. The predicted molar refractivity (Wildman–Crippen MR) is 66.8 cm³/mol. The monoisotopic (exact) mass is 235 g/mol. The minimum Gasteiger partial charge on any atom is -0.317 e. The van der Waals surface area contributed by atoms with E-state index in [0.29, 0.717) is 11.3 Å². The highest BCUT2D eigenvalue weighted by molar-refractivity contribution is 6.28. The number of nitrogens with one attached hydrogen (secondary N) is 1. The normalized spacial score (nSPS) is 12.9. The molecule has 0 spiro atoms. The average Bonchev–Trinajstić information content (AvgIpc) is 2.28. The van der Waals surface area contributed by atoms with Gasteiger partial charge in [0.25, 0.3) is 0 Å². The van der Waals surface area contributed by atoms with Gasteiger partial charge in [0, 0.05) is 17.8 Å². The third kappa shape index (κ3) is 2.31. The van der Waals surface area contributed by atoms with E-state index in [1.807, 2.05) is 31.3 Å². The summed E-state index contributed by atoms with van der Waals surface area (Å²) >= 11 is 5.91. The number of fused-ring (bicyclic) bond motifs is 1. The first kappa shape index (κ1) is 11.3. The fourth-order valence-electron chi connectivity index (χ4n) is 1.66. The maximum Gasteiger partial charge on any atom is 0.223 e. The van der Waals surface area contributed by atoms with Crippen LogP contribution in [0.1, 0.15) is 12.6 Å². The Morgan fingerprint density at radius 1 is 1.31 bits per heavy atom. The lowest BCUT2D eigenvalue weighted by atomic mass is 10.1. The van der Waals surface area contributed by atoms with Crippen LogP contribution < -0.4 is 5.32 Å². The van der Waals surface area contributed by atoms with E-state index in [4.69, 9.17) is 11.6 Å². The molecule has 0 radical (unpaired) electrons. The molecule has 4 heteroatoms. The van der Waals surface area contributed by atoms with E-state index in [1.54, 1.807) is 0 Å². The van der Waals surface area contributed by atoms with Gasteiger partial charge in [0.15, 0.2) is 0 Å². The SMILES string of the molecule is CNC(C)Cc1nc(Cl)nc2ccccc12.